The summed E-state index contributed by atoms with van der Waals surface area (Å²) in [5.74, 6) is -2.07. The molecule has 7 heterocycles. The number of ketones is 1. The molecule has 0 atom stereocenters. The van der Waals surface area contributed by atoms with Gasteiger partial charge < -0.3 is 33.8 Å². The Labute approximate surface area is 414 Å². The summed E-state index contributed by atoms with van der Waals surface area (Å²) in [6.07, 6.45) is 5.33. The van der Waals surface area contributed by atoms with E-state index < -0.39 is 28.6 Å². The molecule has 0 unspecified atom stereocenters. The van der Waals surface area contributed by atoms with Crippen molar-refractivity contribution in [1.29, 1.82) is 0 Å². The van der Waals surface area contributed by atoms with Crippen molar-refractivity contribution in [2.24, 2.45) is 14.1 Å². The van der Waals surface area contributed by atoms with E-state index in [-0.39, 0.29) is 63.3 Å². The van der Waals surface area contributed by atoms with Crippen molar-refractivity contribution in [2.75, 3.05) is 11.4 Å². The first-order valence-corrected chi connectivity index (χ1v) is 22.7. The van der Waals surface area contributed by atoms with Gasteiger partial charge in [-0.1, -0.05) is 42.5 Å². The molecule has 0 bridgehead atoms. The van der Waals surface area contributed by atoms with Crippen LogP contribution in [0.3, 0.4) is 0 Å². The zero-order valence-corrected chi connectivity index (χ0v) is 39.7. The van der Waals surface area contributed by atoms with E-state index in [1.807, 2.05) is 38.1 Å². The smallest absolute Gasteiger partial charge is 0.270 e. The molecule has 1 amide bonds. The first-order valence-electron chi connectivity index (χ1n) is 22.7. The maximum absolute atomic E-state index is 13.0. The Bertz CT molecular complexity index is 3790. The molecule has 17 nitrogen and oxygen atoms in total. The number of aromatic hydroxyl groups is 3. The highest BCUT2D eigenvalue weighted by atomic mass is 19.1. The molecule has 0 radical (unpaired) electrons. The number of carbonyl (C=O) groups is 2. The van der Waals surface area contributed by atoms with Gasteiger partial charge in [0.2, 0.25) is 5.89 Å². The van der Waals surface area contributed by atoms with Gasteiger partial charge in [-0.3, -0.25) is 34.1 Å². The number of para-hydroxylation sites is 1. The number of Topliss-reactive ketones (excluding diaryl/α,β-unsaturated/α-hetero) is 1. The topological polar surface area (TPSA) is 233 Å². The van der Waals surface area contributed by atoms with Gasteiger partial charge in [0, 0.05) is 62.4 Å². The van der Waals surface area contributed by atoms with Crippen LogP contribution in [0, 0.1) is 18.6 Å². The summed E-state index contributed by atoms with van der Waals surface area (Å²) in [4.78, 5) is 68.6. The molecular weight excluding hydrogens is 941 g/mol. The molecule has 0 aliphatic rings. The number of carbonyl (C=O) groups excluding carboxylic acids is 2. The number of rotatable bonds is 10. The Balaban J connectivity index is 0.000000146. The van der Waals surface area contributed by atoms with Crippen LogP contribution in [0.1, 0.15) is 56.8 Å². The standard InChI is InChI=1S/C18H13FN4O2.C18H15FN2O3.C18H17N3O3/c1-10-13-3-2-8-20-15(13)17(24)16(21-10)18-23-22-14(25-18)9-11-4-6-12(19)7-5-11;1-21-13-3-2-10-20-16(13)17(23)15(18(21)24)14(22)9-6-11-4-7-12(19)8-5-11;1-3-21(12-8-5-4-6-9-12)18(24)14-16(22)15-13(10-7-11-19-15)20(2)17(14)23/h2-8,24H,9H2,1H3;2-5,7-8,10,23H,6,9H2,1H3;4-11,22H,3H2,1-2H3. The van der Waals surface area contributed by atoms with E-state index in [9.17, 15) is 43.3 Å². The zero-order chi connectivity index (χ0) is 51.9. The maximum atomic E-state index is 13.0. The molecule has 73 heavy (non-hydrogen) atoms. The molecule has 0 fully saturated rings. The van der Waals surface area contributed by atoms with Gasteiger partial charge in [-0.2, -0.15) is 0 Å². The number of anilines is 1. The maximum Gasteiger partial charge on any atom is 0.270 e. The van der Waals surface area contributed by atoms with Gasteiger partial charge in [0.1, 0.15) is 39.3 Å². The minimum atomic E-state index is -0.558. The number of nitrogens with zero attached hydrogens (tertiary/aromatic N) is 9. The number of benzene rings is 3. The number of aromatic nitrogens is 8. The van der Waals surface area contributed by atoms with Crippen LogP contribution in [0.5, 0.6) is 17.2 Å². The SMILES string of the molecule is CCN(C(=O)c1c(O)c2ncccc2n(C)c1=O)c1ccccc1.Cc1nc(-c2nnc(Cc3ccc(F)cc3)o2)c(O)c2ncccc12.Cn1c(=O)c(C(=O)CCc2ccc(F)cc2)c(O)c2ncccc21. The molecule has 0 saturated heterocycles. The van der Waals surface area contributed by atoms with E-state index in [0.29, 0.717) is 53.2 Å². The predicted octanol–water partition coefficient (Wildman–Crippen LogP) is 8.32. The van der Waals surface area contributed by atoms with Gasteiger partial charge in [-0.25, -0.2) is 13.8 Å². The lowest BCUT2D eigenvalue weighted by Gasteiger charge is -2.21. The lowest BCUT2D eigenvalue weighted by atomic mass is 10.0. The van der Waals surface area contributed by atoms with E-state index in [1.54, 1.807) is 80.0 Å². The van der Waals surface area contributed by atoms with E-state index in [4.69, 9.17) is 4.42 Å². The number of hydrogen-bond acceptors (Lipinski definition) is 14. The normalized spacial score (nSPS) is 10.9. The molecule has 0 aliphatic carbocycles. The van der Waals surface area contributed by atoms with Crippen LogP contribution in [0.15, 0.2) is 148 Å². The Kier molecular flexibility index (Phi) is 14.8. The third kappa shape index (κ3) is 10.5. The van der Waals surface area contributed by atoms with E-state index in [2.05, 4.69) is 30.1 Å². The van der Waals surface area contributed by atoms with Crippen molar-refractivity contribution < 1.29 is 38.1 Å². The van der Waals surface area contributed by atoms with Crippen molar-refractivity contribution in [2.45, 2.75) is 33.1 Å². The fraction of sp³-hybridized carbons (Fsp3) is 0.148. The minimum Gasteiger partial charge on any atom is -0.505 e. The molecule has 0 aliphatic heterocycles. The van der Waals surface area contributed by atoms with Gasteiger partial charge in [-0.15, -0.1) is 10.2 Å². The highest BCUT2D eigenvalue weighted by Gasteiger charge is 2.27. The van der Waals surface area contributed by atoms with Crippen LogP contribution in [0.4, 0.5) is 14.5 Å². The second-order valence-corrected chi connectivity index (χ2v) is 16.5. The number of pyridine rings is 6. The third-order valence-electron chi connectivity index (χ3n) is 11.8. The van der Waals surface area contributed by atoms with Crippen molar-refractivity contribution in [3.63, 3.8) is 0 Å². The van der Waals surface area contributed by atoms with Crippen LogP contribution >= 0.6 is 0 Å². The van der Waals surface area contributed by atoms with Crippen molar-refractivity contribution >= 4 is 50.3 Å². The Hall–Kier alpha value is -9.52. The summed E-state index contributed by atoms with van der Waals surface area (Å²) in [7, 11) is 3.09. The van der Waals surface area contributed by atoms with Gasteiger partial charge in [0.25, 0.3) is 22.9 Å². The highest BCUT2D eigenvalue weighted by Crippen LogP contribution is 2.34. The fourth-order valence-corrected chi connectivity index (χ4v) is 7.98. The molecule has 10 rings (SSSR count). The summed E-state index contributed by atoms with van der Waals surface area (Å²) in [5, 5.41) is 40.0. The Morgan fingerprint density at radius 2 is 1.18 bits per heavy atom. The van der Waals surface area contributed by atoms with Crippen LogP contribution in [0.25, 0.3) is 44.6 Å². The summed E-state index contributed by atoms with van der Waals surface area (Å²) >= 11 is 0. The number of aryl methyl sites for hydroxylation is 4. The number of halogens is 2. The molecule has 0 saturated carbocycles. The molecule has 3 aromatic carbocycles. The van der Waals surface area contributed by atoms with Crippen LogP contribution in [-0.4, -0.2) is 72.8 Å². The lowest BCUT2D eigenvalue weighted by molar-refractivity contribution is 0.0972. The summed E-state index contributed by atoms with van der Waals surface area (Å²) in [6.45, 7) is 4.00. The monoisotopic (exact) mass is 985 g/mol. The number of hydrogen-bond donors (Lipinski definition) is 3. The first-order chi connectivity index (χ1) is 35.2. The summed E-state index contributed by atoms with van der Waals surface area (Å²) in [5.41, 5.74) is 3.34. The number of amides is 1. The lowest BCUT2D eigenvalue weighted by Crippen LogP contribution is -2.36. The van der Waals surface area contributed by atoms with E-state index in [1.165, 1.54) is 57.7 Å². The second kappa shape index (κ2) is 21.6. The van der Waals surface area contributed by atoms with Crippen LogP contribution < -0.4 is 16.0 Å². The fourth-order valence-electron chi connectivity index (χ4n) is 7.98. The van der Waals surface area contributed by atoms with E-state index >= 15 is 0 Å². The van der Waals surface area contributed by atoms with Crippen LogP contribution in [-0.2, 0) is 26.9 Å². The molecular formula is C54H45F2N9O8. The van der Waals surface area contributed by atoms with Gasteiger partial charge >= 0.3 is 0 Å². The second-order valence-electron chi connectivity index (χ2n) is 16.5. The van der Waals surface area contributed by atoms with Gasteiger partial charge in [0.15, 0.2) is 28.7 Å². The summed E-state index contributed by atoms with van der Waals surface area (Å²) < 4.78 is 34.1. The molecule has 368 valence electrons. The third-order valence-corrected chi connectivity index (χ3v) is 11.8. The van der Waals surface area contributed by atoms with Crippen molar-refractivity contribution in [1.82, 2.24) is 39.3 Å². The molecule has 7 aromatic heterocycles. The average molecular weight is 986 g/mol. The van der Waals surface area contributed by atoms with Crippen molar-refractivity contribution in [3.05, 3.63) is 200 Å². The van der Waals surface area contributed by atoms with Gasteiger partial charge in [-0.05, 0) is 104 Å². The Morgan fingerprint density at radius 3 is 1.77 bits per heavy atom. The van der Waals surface area contributed by atoms with Gasteiger partial charge in [0.05, 0.1) is 17.5 Å². The van der Waals surface area contributed by atoms with Crippen molar-refractivity contribution in [3.8, 4) is 28.8 Å². The minimum absolute atomic E-state index is 0.0345. The predicted molar refractivity (Wildman–Crippen MR) is 269 cm³/mol. The first kappa shape index (κ1) is 49.9. The molecule has 0 spiro atoms. The summed E-state index contributed by atoms with van der Waals surface area (Å²) in [6, 6.07) is 31.1. The quantitative estimate of drug-likeness (QED) is 0.109. The highest BCUT2D eigenvalue weighted by molar-refractivity contribution is 6.10. The number of fused-ring (bicyclic) bond motifs is 3. The average Bonchev–Trinajstić information content (AvgIpc) is 3.88. The van der Waals surface area contributed by atoms with E-state index in [0.717, 1.165) is 16.5 Å². The molecule has 19 heteroatoms. The largest absolute Gasteiger partial charge is 0.505 e. The Morgan fingerprint density at radius 1 is 0.644 bits per heavy atom. The molecule has 10 aromatic rings. The zero-order valence-electron chi connectivity index (χ0n) is 39.7. The molecule has 3 N–H and O–H groups in total. The van der Waals surface area contributed by atoms with Crippen LogP contribution in [0.2, 0.25) is 0 Å².